The number of aliphatic hydroxyl groups excluding tert-OH is 1. The minimum absolute atomic E-state index is 0.0313. The number of rotatable bonds is 9. The van der Waals surface area contributed by atoms with Gasteiger partial charge in [0.2, 0.25) is 0 Å². The Morgan fingerprint density at radius 2 is 1.31 bits per heavy atom. The van der Waals surface area contributed by atoms with Gasteiger partial charge in [0.15, 0.2) is 0 Å². The fourth-order valence-corrected chi connectivity index (χ4v) is 4.99. The van der Waals surface area contributed by atoms with Crippen LogP contribution < -0.4 is 0 Å². The van der Waals surface area contributed by atoms with E-state index >= 15 is 0 Å². The zero-order chi connectivity index (χ0) is 25.1. The van der Waals surface area contributed by atoms with Gasteiger partial charge in [-0.2, -0.15) is 0 Å². The van der Waals surface area contributed by atoms with Gasteiger partial charge in [0.1, 0.15) is 0 Å². The summed E-state index contributed by atoms with van der Waals surface area (Å²) in [5.74, 6) is 0. The van der Waals surface area contributed by atoms with E-state index in [1.54, 1.807) is 0 Å². The van der Waals surface area contributed by atoms with Crippen LogP contribution in [0, 0.1) is 5.41 Å². The number of aliphatic hydroxyl groups is 1. The third-order valence-electron chi connectivity index (χ3n) is 6.73. The highest BCUT2D eigenvalue weighted by atomic mass is 31.2. The van der Waals surface area contributed by atoms with E-state index in [0.717, 1.165) is 36.0 Å². The Bertz CT molecular complexity index is 696. The van der Waals surface area contributed by atoms with Gasteiger partial charge in [-0.3, -0.25) is 0 Å². The molecule has 3 N–H and O–H groups in total. The van der Waals surface area contributed by atoms with Crippen molar-refractivity contribution in [2.45, 2.75) is 124 Å². The van der Waals surface area contributed by atoms with Gasteiger partial charge < -0.3 is 19.4 Å². The molecule has 1 rings (SSSR count). The van der Waals surface area contributed by atoms with Crippen molar-refractivity contribution in [2.24, 2.45) is 5.41 Å². The van der Waals surface area contributed by atoms with Gasteiger partial charge in [-0.1, -0.05) is 101 Å². The van der Waals surface area contributed by atoms with Crippen LogP contribution in [0.3, 0.4) is 0 Å². The van der Waals surface area contributed by atoms with Gasteiger partial charge in [-0.05, 0) is 51.3 Å². The first-order valence-corrected chi connectivity index (χ1v) is 13.3. The largest absolute Gasteiger partial charge is 0.396 e. The van der Waals surface area contributed by atoms with Crippen LogP contribution >= 0.6 is 8.60 Å². The third-order valence-corrected chi connectivity index (χ3v) is 7.13. The van der Waals surface area contributed by atoms with Crippen LogP contribution in [0.1, 0.15) is 130 Å². The Labute approximate surface area is 198 Å². The highest BCUT2D eigenvalue weighted by molar-refractivity contribution is 7.39. The van der Waals surface area contributed by atoms with E-state index in [4.69, 9.17) is 4.52 Å². The van der Waals surface area contributed by atoms with Crippen LogP contribution in [-0.4, -0.2) is 21.5 Å². The van der Waals surface area contributed by atoms with Crippen molar-refractivity contribution in [1.29, 1.82) is 0 Å². The average Bonchev–Trinajstić information content (AvgIpc) is 2.64. The molecule has 0 radical (unpaired) electrons. The van der Waals surface area contributed by atoms with Gasteiger partial charge in [-0.15, -0.1) is 0 Å². The van der Waals surface area contributed by atoms with E-state index in [-0.39, 0.29) is 22.9 Å². The van der Waals surface area contributed by atoms with Crippen molar-refractivity contribution >= 4 is 8.60 Å². The maximum absolute atomic E-state index is 10.7. The summed E-state index contributed by atoms with van der Waals surface area (Å²) < 4.78 is 5.99. The number of hydrogen-bond donors (Lipinski definition) is 3. The summed E-state index contributed by atoms with van der Waals surface area (Å²) in [6, 6.07) is 4.55. The second-order valence-corrected chi connectivity index (χ2v) is 13.2. The Morgan fingerprint density at radius 1 is 0.844 bits per heavy atom. The quantitative estimate of drug-likeness (QED) is 0.330. The summed E-state index contributed by atoms with van der Waals surface area (Å²) in [6.07, 6.45) is 2.79. The zero-order valence-corrected chi connectivity index (χ0v) is 23.4. The number of unbranched alkanes of at least 4 members (excludes halogenated alkanes) is 1. The van der Waals surface area contributed by atoms with E-state index < -0.39 is 20.1 Å². The molecule has 0 amide bonds. The Balaban J connectivity index is 4.15. The van der Waals surface area contributed by atoms with Crippen molar-refractivity contribution < 1.29 is 19.4 Å². The summed E-state index contributed by atoms with van der Waals surface area (Å²) >= 11 is 0. The molecule has 0 spiro atoms. The molecular weight excluding hydrogens is 419 g/mol. The molecule has 5 heteroatoms. The van der Waals surface area contributed by atoms with E-state index in [9.17, 15) is 14.9 Å². The molecule has 0 fully saturated rings. The van der Waals surface area contributed by atoms with Gasteiger partial charge in [-0.25, -0.2) is 0 Å². The fraction of sp³-hybridized carbons (Fsp3) is 0.778. The lowest BCUT2D eigenvalue weighted by molar-refractivity contribution is -0.0218. The molecule has 1 aromatic carbocycles. The summed E-state index contributed by atoms with van der Waals surface area (Å²) in [5, 5.41) is 10.7. The predicted molar refractivity (Wildman–Crippen MR) is 137 cm³/mol. The van der Waals surface area contributed by atoms with Crippen LogP contribution in [0.4, 0.5) is 0 Å². The monoisotopic (exact) mass is 468 g/mol. The molecule has 0 aliphatic carbocycles. The first-order valence-electron chi connectivity index (χ1n) is 12.1. The molecule has 2 unspecified atom stereocenters. The Hall–Kier alpha value is -0.510. The minimum Gasteiger partial charge on any atom is -0.396 e. The summed E-state index contributed by atoms with van der Waals surface area (Å²) in [6.45, 7) is 24.0. The third kappa shape index (κ3) is 7.00. The molecule has 4 nitrogen and oxygen atoms in total. The summed E-state index contributed by atoms with van der Waals surface area (Å²) in [5.41, 5.74) is 3.57. The topological polar surface area (TPSA) is 69.9 Å². The smallest absolute Gasteiger partial charge is 0.327 e. The molecule has 0 saturated heterocycles. The molecule has 186 valence electrons. The van der Waals surface area contributed by atoms with Gasteiger partial charge in [0.05, 0.1) is 12.7 Å². The van der Waals surface area contributed by atoms with Crippen molar-refractivity contribution in [3.8, 4) is 0 Å². The van der Waals surface area contributed by atoms with Crippen LogP contribution in [-0.2, 0) is 20.8 Å². The van der Waals surface area contributed by atoms with Crippen molar-refractivity contribution in [1.82, 2.24) is 0 Å². The second kappa shape index (κ2) is 10.8. The molecule has 32 heavy (non-hydrogen) atoms. The van der Waals surface area contributed by atoms with Gasteiger partial charge in [0.25, 0.3) is 0 Å². The molecule has 0 bridgehead atoms. The fourth-order valence-electron chi connectivity index (χ4n) is 4.47. The van der Waals surface area contributed by atoms with E-state index in [2.05, 4.69) is 88.3 Å². The second-order valence-electron chi connectivity index (χ2n) is 12.5. The molecule has 0 aromatic heterocycles. The van der Waals surface area contributed by atoms with Crippen molar-refractivity contribution in [3.05, 3.63) is 34.4 Å². The summed E-state index contributed by atoms with van der Waals surface area (Å²) in [4.78, 5) is 20.1. The molecule has 0 saturated carbocycles. The SMILES string of the molecule is CCCCC(CC)(CO)C(OP(O)O)c1c(C(C)(C)C)cc(C(C)(C)C)cc1C(C)(C)C. The molecule has 0 aliphatic rings. The first kappa shape index (κ1) is 29.5. The van der Waals surface area contributed by atoms with Crippen molar-refractivity contribution in [3.63, 3.8) is 0 Å². The molecule has 1 aromatic rings. The van der Waals surface area contributed by atoms with E-state index in [1.165, 1.54) is 5.56 Å². The molecule has 2 atom stereocenters. The maximum atomic E-state index is 10.7. The van der Waals surface area contributed by atoms with E-state index in [1.807, 2.05) is 0 Å². The van der Waals surface area contributed by atoms with Crippen LogP contribution in [0.15, 0.2) is 12.1 Å². The highest BCUT2D eigenvalue weighted by Gasteiger charge is 2.44. The minimum atomic E-state index is -2.59. The maximum Gasteiger partial charge on any atom is 0.327 e. The van der Waals surface area contributed by atoms with Crippen LogP contribution in [0.5, 0.6) is 0 Å². The van der Waals surface area contributed by atoms with Gasteiger partial charge in [0, 0.05) is 5.41 Å². The molecular formula is C27H49O4P. The van der Waals surface area contributed by atoms with Crippen LogP contribution in [0.25, 0.3) is 0 Å². The standard InChI is InChI=1S/C27H49O4P/c1-12-14-15-27(13-2,18-28)23(31-32(29)30)22-20(25(6,7)8)16-19(24(3,4)5)17-21(22)26(9,10)11/h16-17,23,28-30H,12-15,18H2,1-11H3. The lowest BCUT2D eigenvalue weighted by atomic mass is 9.65. The highest BCUT2D eigenvalue weighted by Crippen LogP contribution is 2.54. The summed E-state index contributed by atoms with van der Waals surface area (Å²) in [7, 11) is -2.59. The average molecular weight is 469 g/mol. The Morgan fingerprint density at radius 3 is 1.59 bits per heavy atom. The lowest BCUT2D eigenvalue weighted by Gasteiger charge is -2.44. The van der Waals surface area contributed by atoms with E-state index in [0.29, 0.717) is 6.42 Å². The van der Waals surface area contributed by atoms with Crippen molar-refractivity contribution in [2.75, 3.05) is 6.61 Å². The number of hydrogen-bond acceptors (Lipinski definition) is 4. The number of benzene rings is 1. The van der Waals surface area contributed by atoms with Crippen LogP contribution in [0.2, 0.25) is 0 Å². The first-order chi connectivity index (χ1) is 14.4. The zero-order valence-electron chi connectivity index (χ0n) is 22.5. The molecule has 0 heterocycles. The molecule has 0 aliphatic heterocycles. The lowest BCUT2D eigenvalue weighted by Crippen LogP contribution is -2.37. The van der Waals surface area contributed by atoms with Gasteiger partial charge >= 0.3 is 8.60 Å². The normalized spacial score (nSPS) is 16.3. The predicted octanol–water partition coefficient (Wildman–Crippen LogP) is 7.43. The Kier molecular flexibility index (Phi) is 9.99.